The van der Waals surface area contributed by atoms with Crippen LogP contribution in [-0.2, 0) is 28.7 Å². The molecule has 2 fully saturated rings. The molecule has 2 saturated carbocycles. The normalized spacial score (nSPS) is 31.2. The van der Waals surface area contributed by atoms with Crippen LogP contribution in [0.25, 0.3) is 0 Å². The van der Waals surface area contributed by atoms with Crippen LogP contribution in [0.5, 0.6) is 0 Å². The molecular weight excluding hydrogens is 512 g/mol. The first-order valence-corrected chi connectivity index (χ1v) is 14.8. The van der Waals surface area contributed by atoms with Crippen LogP contribution >= 0.6 is 0 Å². The number of hydrogen-bond acceptors (Lipinski definition) is 8. The molecule has 0 spiro atoms. The van der Waals surface area contributed by atoms with E-state index in [2.05, 4.69) is 48.7 Å². The van der Waals surface area contributed by atoms with Gasteiger partial charge in [0.1, 0.15) is 0 Å². The quantitative estimate of drug-likeness (QED) is 0.418. The molecule has 0 aromatic carbocycles. The standard InChI is InChI=1S/C30H48N4O6/c1-19-17-23-21(29(23,3)4)13-15-39-27(37)11-8-12-28(38)40-16-14-22-24(30(22,5)6)18-20(2)32-34-26(36)10-7-9-25(35)33-31-19/h21-24H,7-18H2,1-6H3,(H,33,35)(H,34,36)/t21-,22-,23-,24+/m1/s1. The van der Waals surface area contributed by atoms with E-state index in [0.29, 0.717) is 49.7 Å². The van der Waals surface area contributed by atoms with Crippen molar-refractivity contribution >= 4 is 35.2 Å². The Bertz CT molecular complexity index is 940. The largest absolute Gasteiger partial charge is 0.466 e. The van der Waals surface area contributed by atoms with E-state index in [-0.39, 0.29) is 60.3 Å². The molecule has 1 heterocycles. The molecule has 0 aromatic heterocycles. The summed E-state index contributed by atoms with van der Waals surface area (Å²) in [5.41, 5.74) is 7.12. The van der Waals surface area contributed by atoms with Crippen molar-refractivity contribution < 1.29 is 28.7 Å². The fourth-order valence-corrected chi connectivity index (χ4v) is 6.36. The van der Waals surface area contributed by atoms with Gasteiger partial charge in [0.2, 0.25) is 11.8 Å². The monoisotopic (exact) mass is 560 g/mol. The Kier molecular flexibility index (Phi) is 10.9. The van der Waals surface area contributed by atoms with Crippen LogP contribution in [0.4, 0.5) is 0 Å². The molecule has 0 saturated heterocycles. The lowest BCUT2D eigenvalue weighted by Gasteiger charge is -2.07. The minimum atomic E-state index is -0.285. The maximum absolute atomic E-state index is 12.2. The van der Waals surface area contributed by atoms with Crippen LogP contribution in [-0.4, -0.2) is 48.4 Å². The average Bonchev–Trinajstić information content (AvgIpc) is 3.61. The van der Waals surface area contributed by atoms with Gasteiger partial charge in [-0.05, 0) is 86.9 Å². The lowest BCUT2D eigenvalue weighted by atomic mass is 10.1. The number of hydrazone groups is 2. The van der Waals surface area contributed by atoms with Crippen LogP contribution in [0.2, 0.25) is 0 Å². The fraction of sp³-hybridized carbons (Fsp3) is 0.800. The summed E-state index contributed by atoms with van der Waals surface area (Å²) in [5, 5.41) is 8.51. The number of carbonyl (C=O) groups is 4. The number of nitrogens with zero attached hydrogens (tertiary/aromatic N) is 2. The number of cyclic esters (lactones) is 2. The van der Waals surface area contributed by atoms with E-state index < -0.39 is 0 Å². The lowest BCUT2D eigenvalue weighted by molar-refractivity contribution is -0.145. The minimum Gasteiger partial charge on any atom is -0.466 e. The second kappa shape index (κ2) is 13.7. The van der Waals surface area contributed by atoms with Crippen molar-refractivity contribution in [3.63, 3.8) is 0 Å². The van der Waals surface area contributed by atoms with Gasteiger partial charge in [0.15, 0.2) is 0 Å². The SMILES string of the molecule is CC1=NNC(=O)CCCC(=O)NN=C(C)C[C@H]2[C@@H](CCOC(=O)CCCC(=O)OCC[C@@H]3[C@@H](C1)C3(C)C)C2(C)C. The molecule has 2 aliphatic carbocycles. The molecule has 2 N–H and O–H groups in total. The molecule has 1 aliphatic heterocycles. The van der Waals surface area contributed by atoms with Crippen molar-refractivity contribution in [1.82, 2.24) is 10.9 Å². The number of rotatable bonds is 0. The third kappa shape index (κ3) is 9.13. The maximum Gasteiger partial charge on any atom is 0.305 e. The number of fused-ring (bicyclic) bond motifs is 2. The van der Waals surface area contributed by atoms with Crippen molar-refractivity contribution in [1.29, 1.82) is 0 Å². The summed E-state index contributed by atoms with van der Waals surface area (Å²) in [6, 6.07) is 0. The molecule has 10 nitrogen and oxygen atoms in total. The van der Waals surface area contributed by atoms with E-state index >= 15 is 0 Å². The van der Waals surface area contributed by atoms with Gasteiger partial charge in [-0.2, -0.15) is 10.2 Å². The molecule has 2 amide bonds. The zero-order chi connectivity index (χ0) is 29.5. The average molecular weight is 561 g/mol. The van der Waals surface area contributed by atoms with E-state index in [4.69, 9.17) is 9.47 Å². The van der Waals surface area contributed by atoms with Gasteiger partial charge in [0, 0.05) is 37.1 Å². The van der Waals surface area contributed by atoms with E-state index in [1.807, 2.05) is 13.8 Å². The molecule has 4 atom stereocenters. The topological polar surface area (TPSA) is 136 Å². The van der Waals surface area contributed by atoms with Gasteiger partial charge in [-0.1, -0.05) is 27.7 Å². The smallest absolute Gasteiger partial charge is 0.305 e. The summed E-state index contributed by atoms with van der Waals surface area (Å²) in [5.74, 6) is 0.611. The molecule has 40 heavy (non-hydrogen) atoms. The van der Waals surface area contributed by atoms with E-state index in [0.717, 1.165) is 37.1 Å². The Morgan fingerprint density at radius 1 is 0.625 bits per heavy atom. The molecule has 3 rings (SSSR count). The third-order valence-corrected chi connectivity index (χ3v) is 9.30. The molecule has 0 bridgehead atoms. The van der Waals surface area contributed by atoms with Gasteiger partial charge < -0.3 is 9.47 Å². The Morgan fingerprint density at radius 2 is 1.00 bits per heavy atom. The Labute approximate surface area is 238 Å². The molecular formula is C30H48N4O6. The van der Waals surface area contributed by atoms with Gasteiger partial charge in [0.05, 0.1) is 13.2 Å². The Balaban J connectivity index is 1.54. The van der Waals surface area contributed by atoms with Gasteiger partial charge in [-0.3, -0.25) is 19.2 Å². The van der Waals surface area contributed by atoms with Crippen molar-refractivity contribution in [2.24, 2.45) is 44.7 Å². The second-order valence-electron chi connectivity index (χ2n) is 13.0. The predicted octanol–water partition coefficient (Wildman–Crippen LogP) is 4.52. The van der Waals surface area contributed by atoms with Gasteiger partial charge in [-0.15, -0.1) is 0 Å². The molecule has 224 valence electrons. The highest BCUT2D eigenvalue weighted by Gasteiger charge is 2.57. The summed E-state index contributed by atoms with van der Waals surface area (Å²) < 4.78 is 10.9. The van der Waals surface area contributed by atoms with E-state index in [1.165, 1.54) is 0 Å². The first-order chi connectivity index (χ1) is 18.8. The van der Waals surface area contributed by atoms with Crippen LogP contribution in [0, 0.1) is 34.5 Å². The minimum absolute atomic E-state index is 0.113. The molecule has 0 aromatic rings. The molecule has 0 radical (unpaired) electrons. The highest BCUT2D eigenvalue weighted by atomic mass is 16.5. The first-order valence-electron chi connectivity index (χ1n) is 14.8. The summed E-state index contributed by atoms with van der Waals surface area (Å²) >= 11 is 0. The number of esters is 2. The first kappa shape index (κ1) is 31.7. The van der Waals surface area contributed by atoms with Crippen molar-refractivity contribution in [2.75, 3.05) is 13.2 Å². The number of ether oxygens (including phenoxy) is 2. The van der Waals surface area contributed by atoms with Crippen LogP contribution in [0.1, 0.15) is 106 Å². The van der Waals surface area contributed by atoms with E-state index in [9.17, 15) is 19.2 Å². The number of hydrogen-bond donors (Lipinski definition) is 2. The summed E-state index contributed by atoms with van der Waals surface area (Å²) in [4.78, 5) is 48.7. The summed E-state index contributed by atoms with van der Waals surface area (Å²) in [7, 11) is 0. The predicted molar refractivity (Wildman–Crippen MR) is 152 cm³/mol. The zero-order valence-corrected chi connectivity index (χ0v) is 25.1. The van der Waals surface area contributed by atoms with Crippen molar-refractivity contribution in [3.8, 4) is 0 Å². The van der Waals surface area contributed by atoms with Crippen LogP contribution in [0.15, 0.2) is 10.2 Å². The lowest BCUT2D eigenvalue weighted by Crippen LogP contribution is -2.22. The molecule has 10 heteroatoms. The molecule has 3 aliphatic rings. The van der Waals surface area contributed by atoms with E-state index in [1.54, 1.807) is 0 Å². The van der Waals surface area contributed by atoms with Crippen molar-refractivity contribution in [2.45, 2.75) is 106 Å². The van der Waals surface area contributed by atoms with Gasteiger partial charge in [0.25, 0.3) is 0 Å². The number of nitrogens with one attached hydrogen (secondary N) is 2. The third-order valence-electron chi connectivity index (χ3n) is 9.30. The number of carbonyl (C=O) groups excluding carboxylic acids is 4. The highest BCUT2D eigenvalue weighted by Crippen LogP contribution is 2.62. The Morgan fingerprint density at radius 3 is 1.40 bits per heavy atom. The fourth-order valence-electron chi connectivity index (χ4n) is 6.36. The van der Waals surface area contributed by atoms with Crippen molar-refractivity contribution in [3.05, 3.63) is 0 Å². The maximum atomic E-state index is 12.2. The Hall–Kier alpha value is -2.78. The zero-order valence-electron chi connectivity index (χ0n) is 25.1. The second-order valence-corrected chi connectivity index (χ2v) is 13.0. The highest BCUT2D eigenvalue weighted by molar-refractivity contribution is 5.86. The number of amides is 2. The molecule has 0 unspecified atom stereocenters. The van der Waals surface area contributed by atoms with Crippen LogP contribution < -0.4 is 10.9 Å². The summed E-state index contributed by atoms with van der Waals surface area (Å²) in [6.07, 6.45) is 4.69. The summed E-state index contributed by atoms with van der Waals surface area (Å²) in [6.45, 7) is 13.3. The van der Waals surface area contributed by atoms with Gasteiger partial charge in [-0.25, -0.2) is 10.9 Å². The van der Waals surface area contributed by atoms with Gasteiger partial charge >= 0.3 is 11.9 Å². The van der Waals surface area contributed by atoms with Crippen LogP contribution in [0.3, 0.4) is 0 Å².